The first-order valence-corrected chi connectivity index (χ1v) is 9.96. The number of nitrogens with one attached hydrogen (secondary N) is 2. The Kier molecular flexibility index (Phi) is 5.01. The van der Waals surface area contributed by atoms with Crippen LogP contribution in [0.1, 0.15) is 31.2 Å². The van der Waals surface area contributed by atoms with Crippen molar-refractivity contribution in [3.05, 3.63) is 53.1 Å². The molecule has 0 aliphatic heterocycles. The van der Waals surface area contributed by atoms with E-state index in [1.54, 1.807) is 31.2 Å². The van der Waals surface area contributed by atoms with E-state index in [0.29, 0.717) is 16.8 Å². The van der Waals surface area contributed by atoms with E-state index >= 15 is 0 Å². The summed E-state index contributed by atoms with van der Waals surface area (Å²) in [6.45, 7) is 1.78. The predicted octanol–water partition coefficient (Wildman–Crippen LogP) is 4.80. The van der Waals surface area contributed by atoms with E-state index in [1.165, 1.54) is 31.7 Å². The number of hydrogen-bond acceptors (Lipinski definition) is 3. The second kappa shape index (κ2) is 7.03. The van der Waals surface area contributed by atoms with E-state index < -0.39 is 10.0 Å². The molecule has 0 saturated heterocycles. The fraction of sp³-hybridized carbons (Fsp3) is 0.333. The zero-order chi connectivity index (χ0) is 17.2. The molecule has 0 aromatic heterocycles. The Morgan fingerprint density at radius 2 is 1.62 bits per heavy atom. The fourth-order valence-electron chi connectivity index (χ4n) is 2.94. The zero-order valence-electron chi connectivity index (χ0n) is 13.5. The van der Waals surface area contributed by atoms with Crippen molar-refractivity contribution < 1.29 is 8.42 Å². The minimum Gasteiger partial charge on any atom is -0.382 e. The average Bonchev–Trinajstić information content (AvgIpc) is 3.04. The third-order valence-electron chi connectivity index (χ3n) is 4.30. The number of hydrogen-bond donors (Lipinski definition) is 2. The number of halogens is 1. The molecule has 3 rings (SSSR count). The summed E-state index contributed by atoms with van der Waals surface area (Å²) < 4.78 is 27.5. The van der Waals surface area contributed by atoms with Crippen molar-refractivity contribution in [1.82, 2.24) is 0 Å². The van der Waals surface area contributed by atoms with Gasteiger partial charge in [-0.2, -0.15) is 0 Å². The van der Waals surface area contributed by atoms with Crippen molar-refractivity contribution in [3.8, 4) is 0 Å². The second-order valence-corrected chi connectivity index (χ2v) is 8.31. The normalized spacial score (nSPS) is 15.4. The lowest BCUT2D eigenvalue weighted by molar-refractivity contribution is 0.601. The summed E-state index contributed by atoms with van der Waals surface area (Å²) in [4.78, 5) is 0.206. The van der Waals surface area contributed by atoms with Gasteiger partial charge in [0.2, 0.25) is 0 Å². The molecule has 1 fully saturated rings. The first kappa shape index (κ1) is 17.1. The van der Waals surface area contributed by atoms with Crippen LogP contribution in [0.2, 0.25) is 5.02 Å². The molecule has 0 heterocycles. The molecule has 0 spiro atoms. The molecule has 0 atom stereocenters. The summed E-state index contributed by atoms with van der Waals surface area (Å²) in [5.41, 5.74) is 2.29. The Hall–Kier alpha value is -1.72. The van der Waals surface area contributed by atoms with Crippen LogP contribution in [0.4, 0.5) is 11.4 Å². The lowest BCUT2D eigenvalue weighted by Crippen LogP contribution is -2.15. The van der Waals surface area contributed by atoms with Gasteiger partial charge in [-0.25, -0.2) is 8.42 Å². The molecule has 1 saturated carbocycles. The molecule has 0 unspecified atom stereocenters. The predicted molar refractivity (Wildman–Crippen MR) is 99.3 cm³/mol. The topological polar surface area (TPSA) is 58.2 Å². The van der Waals surface area contributed by atoms with E-state index in [-0.39, 0.29) is 4.90 Å². The van der Waals surface area contributed by atoms with E-state index in [1.807, 2.05) is 12.1 Å². The van der Waals surface area contributed by atoms with Crippen LogP contribution in [0.15, 0.2) is 47.4 Å². The lowest BCUT2D eigenvalue weighted by Gasteiger charge is -2.14. The monoisotopic (exact) mass is 364 g/mol. The summed E-state index contributed by atoms with van der Waals surface area (Å²) in [7, 11) is -3.62. The summed E-state index contributed by atoms with van der Waals surface area (Å²) in [6, 6.07) is 12.6. The van der Waals surface area contributed by atoms with Crippen LogP contribution < -0.4 is 10.0 Å². The Morgan fingerprint density at radius 1 is 1.00 bits per heavy atom. The van der Waals surface area contributed by atoms with Gasteiger partial charge in [0, 0.05) is 22.4 Å². The van der Waals surface area contributed by atoms with Crippen molar-refractivity contribution in [1.29, 1.82) is 0 Å². The molecule has 2 aromatic carbocycles. The zero-order valence-corrected chi connectivity index (χ0v) is 15.1. The van der Waals surface area contributed by atoms with Crippen molar-refractivity contribution >= 4 is 33.0 Å². The molecular weight excluding hydrogens is 344 g/mol. The minimum atomic E-state index is -3.62. The summed E-state index contributed by atoms with van der Waals surface area (Å²) >= 11 is 5.96. The third kappa shape index (κ3) is 4.02. The molecule has 0 bridgehead atoms. The van der Waals surface area contributed by atoms with Crippen molar-refractivity contribution in [2.24, 2.45) is 0 Å². The molecule has 128 valence electrons. The number of rotatable bonds is 5. The summed E-state index contributed by atoms with van der Waals surface area (Å²) in [6.07, 6.45) is 4.95. The van der Waals surface area contributed by atoms with Crippen LogP contribution in [0, 0.1) is 6.92 Å². The molecule has 0 amide bonds. The smallest absolute Gasteiger partial charge is 0.261 e. The van der Waals surface area contributed by atoms with E-state index in [9.17, 15) is 8.42 Å². The standard InChI is InChI=1S/C18H21ClN2O2S/c1-13-12-17(10-11-18(13)19)24(22,23)21-16-8-6-15(7-9-16)20-14-4-2-3-5-14/h6-12,14,20-21H,2-5H2,1H3. The molecule has 1 aliphatic rings. The average molecular weight is 365 g/mol. The van der Waals surface area contributed by atoms with Gasteiger partial charge >= 0.3 is 0 Å². The van der Waals surface area contributed by atoms with Gasteiger partial charge in [0.15, 0.2) is 0 Å². The van der Waals surface area contributed by atoms with Crippen LogP contribution in [-0.4, -0.2) is 14.5 Å². The van der Waals surface area contributed by atoms with Gasteiger partial charge in [-0.15, -0.1) is 0 Å². The maximum absolute atomic E-state index is 12.5. The van der Waals surface area contributed by atoms with Crippen LogP contribution in [-0.2, 0) is 10.0 Å². The van der Waals surface area contributed by atoms with Crippen LogP contribution >= 0.6 is 11.6 Å². The molecule has 4 nitrogen and oxygen atoms in total. The van der Waals surface area contributed by atoms with Gasteiger partial charge in [0.1, 0.15) is 0 Å². The second-order valence-electron chi connectivity index (χ2n) is 6.22. The van der Waals surface area contributed by atoms with Gasteiger partial charge in [0.25, 0.3) is 10.0 Å². The third-order valence-corrected chi connectivity index (χ3v) is 6.11. The SMILES string of the molecule is Cc1cc(S(=O)(=O)Nc2ccc(NC3CCCC3)cc2)ccc1Cl. The Bertz CT molecular complexity index is 813. The van der Waals surface area contributed by atoms with Gasteiger partial charge in [0.05, 0.1) is 4.90 Å². The van der Waals surface area contributed by atoms with E-state index in [0.717, 1.165) is 11.3 Å². The van der Waals surface area contributed by atoms with Crippen LogP contribution in [0.25, 0.3) is 0 Å². The van der Waals surface area contributed by atoms with E-state index in [2.05, 4.69) is 10.0 Å². The maximum Gasteiger partial charge on any atom is 0.261 e. The first-order chi connectivity index (χ1) is 11.4. The molecule has 2 aromatic rings. The summed E-state index contributed by atoms with van der Waals surface area (Å²) in [5, 5.41) is 4.04. The Morgan fingerprint density at radius 3 is 2.25 bits per heavy atom. The van der Waals surface area contributed by atoms with Crippen LogP contribution in [0.3, 0.4) is 0 Å². The van der Waals surface area contributed by atoms with Gasteiger partial charge in [-0.1, -0.05) is 24.4 Å². The highest BCUT2D eigenvalue weighted by molar-refractivity contribution is 7.92. The lowest BCUT2D eigenvalue weighted by atomic mass is 10.2. The number of sulfonamides is 1. The van der Waals surface area contributed by atoms with Crippen molar-refractivity contribution in [3.63, 3.8) is 0 Å². The molecule has 1 aliphatic carbocycles. The largest absolute Gasteiger partial charge is 0.382 e. The van der Waals surface area contributed by atoms with Crippen molar-refractivity contribution in [2.75, 3.05) is 10.0 Å². The molecule has 6 heteroatoms. The fourth-order valence-corrected chi connectivity index (χ4v) is 4.20. The van der Waals surface area contributed by atoms with E-state index in [4.69, 9.17) is 11.6 Å². The van der Waals surface area contributed by atoms with Gasteiger partial charge in [-0.3, -0.25) is 4.72 Å². The molecule has 24 heavy (non-hydrogen) atoms. The Labute approximate surface area is 148 Å². The minimum absolute atomic E-state index is 0.206. The van der Waals surface area contributed by atoms with Crippen LogP contribution in [0.5, 0.6) is 0 Å². The van der Waals surface area contributed by atoms with Gasteiger partial charge in [-0.05, 0) is 67.8 Å². The van der Waals surface area contributed by atoms with Crippen molar-refractivity contribution in [2.45, 2.75) is 43.5 Å². The molecule has 0 radical (unpaired) electrons. The number of benzene rings is 2. The molecule has 2 N–H and O–H groups in total. The highest BCUT2D eigenvalue weighted by Crippen LogP contribution is 2.25. The number of anilines is 2. The Balaban J connectivity index is 1.71. The highest BCUT2D eigenvalue weighted by Gasteiger charge is 2.16. The quantitative estimate of drug-likeness (QED) is 0.800. The highest BCUT2D eigenvalue weighted by atomic mass is 35.5. The molecular formula is C18H21ClN2O2S. The van der Waals surface area contributed by atoms with Gasteiger partial charge < -0.3 is 5.32 Å². The maximum atomic E-state index is 12.5. The summed E-state index contributed by atoms with van der Waals surface area (Å²) in [5.74, 6) is 0. The number of aryl methyl sites for hydroxylation is 1. The first-order valence-electron chi connectivity index (χ1n) is 8.10.